The standard InChI is InChI=1S/C37H33NO2S/c1-36(2,39)37(3,4)40-41-35-19-26(25-38)18-31(24-35)29-16-11-17-30(20-29)34-22-32(27-12-7-5-8-13-27)21-33(23-34)28-14-9-6-10-15-28/h5-24,39H,1-4H3. The highest BCUT2D eigenvalue weighted by atomic mass is 32.2. The highest BCUT2D eigenvalue weighted by molar-refractivity contribution is 7.94. The monoisotopic (exact) mass is 555 g/mol. The third kappa shape index (κ3) is 6.61. The van der Waals surface area contributed by atoms with Crippen LogP contribution in [-0.4, -0.2) is 16.3 Å². The van der Waals surface area contributed by atoms with Crippen LogP contribution in [0.1, 0.15) is 33.3 Å². The van der Waals surface area contributed by atoms with Crippen LogP contribution in [0, 0.1) is 11.3 Å². The number of hydrogen-bond acceptors (Lipinski definition) is 4. The maximum atomic E-state index is 10.5. The number of hydrogen-bond donors (Lipinski definition) is 1. The third-order valence-electron chi connectivity index (χ3n) is 7.53. The van der Waals surface area contributed by atoms with Gasteiger partial charge in [-0.15, -0.1) is 0 Å². The first-order valence-electron chi connectivity index (χ1n) is 13.6. The zero-order valence-corrected chi connectivity index (χ0v) is 24.6. The van der Waals surface area contributed by atoms with Crippen molar-refractivity contribution in [2.24, 2.45) is 0 Å². The van der Waals surface area contributed by atoms with Gasteiger partial charge in [-0.2, -0.15) is 5.26 Å². The summed E-state index contributed by atoms with van der Waals surface area (Å²) in [7, 11) is 0. The molecule has 0 aromatic heterocycles. The molecule has 5 rings (SSSR count). The molecule has 4 heteroatoms. The molecule has 5 aromatic rings. The molecule has 0 saturated heterocycles. The van der Waals surface area contributed by atoms with Crippen LogP contribution >= 0.6 is 12.0 Å². The Kier molecular flexibility index (Phi) is 8.15. The van der Waals surface area contributed by atoms with Crippen molar-refractivity contribution in [2.45, 2.75) is 43.8 Å². The molecule has 0 radical (unpaired) electrons. The topological polar surface area (TPSA) is 53.2 Å². The van der Waals surface area contributed by atoms with E-state index >= 15 is 0 Å². The lowest BCUT2D eigenvalue weighted by Crippen LogP contribution is -2.45. The molecule has 0 unspecified atom stereocenters. The maximum absolute atomic E-state index is 10.5. The van der Waals surface area contributed by atoms with E-state index < -0.39 is 11.2 Å². The summed E-state index contributed by atoms with van der Waals surface area (Å²) in [6, 6.07) is 44.0. The summed E-state index contributed by atoms with van der Waals surface area (Å²) in [5.74, 6) is 0. The van der Waals surface area contributed by atoms with E-state index in [9.17, 15) is 10.4 Å². The average molecular weight is 556 g/mol. The van der Waals surface area contributed by atoms with E-state index in [-0.39, 0.29) is 0 Å². The molecular weight excluding hydrogens is 522 g/mol. The fourth-order valence-corrected chi connectivity index (χ4v) is 5.26. The lowest BCUT2D eigenvalue weighted by Gasteiger charge is -2.35. The van der Waals surface area contributed by atoms with Crippen molar-refractivity contribution in [3.05, 3.63) is 127 Å². The predicted octanol–water partition coefficient (Wildman–Crippen LogP) is 9.80. The zero-order chi connectivity index (χ0) is 29.0. The number of nitriles is 1. The molecule has 204 valence electrons. The number of benzene rings is 5. The largest absolute Gasteiger partial charge is 0.387 e. The molecule has 5 aromatic carbocycles. The third-order valence-corrected chi connectivity index (χ3v) is 8.46. The Morgan fingerprint density at radius 1 is 0.561 bits per heavy atom. The second-order valence-electron chi connectivity index (χ2n) is 11.2. The summed E-state index contributed by atoms with van der Waals surface area (Å²) in [4.78, 5) is 0.805. The molecule has 0 aliphatic heterocycles. The van der Waals surface area contributed by atoms with E-state index in [2.05, 4.69) is 97.1 Å². The van der Waals surface area contributed by atoms with Crippen molar-refractivity contribution >= 4 is 12.0 Å². The number of nitrogens with zero attached hydrogens (tertiary/aromatic N) is 1. The first kappa shape index (κ1) is 28.4. The predicted molar refractivity (Wildman–Crippen MR) is 170 cm³/mol. The second-order valence-corrected chi connectivity index (χ2v) is 12.0. The van der Waals surface area contributed by atoms with Crippen LogP contribution in [0.5, 0.6) is 0 Å². The average Bonchev–Trinajstić information content (AvgIpc) is 3.00. The first-order valence-corrected chi connectivity index (χ1v) is 14.4. The van der Waals surface area contributed by atoms with E-state index in [1.165, 1.54) is 23.2 Å². The van der Waals surface area contributed by atoms with E-state index in [1.807, 2.05) is 44.2 Å². The SMILES string of the molecule is CC(C)(O)C(C)(C)OSc1cc(C#N)cc(-c2cccc(-c3cc(-c4ccccc4)cc(-c4ccccc4)c3)c2)c1. The summed E-state index contributed by atoms with van der Waals surface area (Å²) in [6.07, 6.45) is 0. The Bertz CT molecular complexity index is 1640. The minimum atomic E-state index is -1.03. The lowest BCUT2D eigenvalue weighted by atomic mass is 9.90. The second kappa shape index (κ2) is 11.8. The van der Waals surface area contributed by atoms with Gasteiger partial charge >= 0.3 is 0 Å². The van der Waals surface area contributed by atoms with Crippen LogP contribution in [0.15, 0.2) is 126 Å². The van der Waals surface area contributed by atoms with Gasteiger partial charge < -0.3 is 9.29 Å². The Labute approximate surface area is 247 Å². The van der Waals surface area contributed by atoms with Crippen LogP contribution in [0.3, 0.4) is 0 Å². The fraction of sp³-hybridized carbons (Fsp3) is 0.162. The summed E-state index contributed by atoms with van der Waals surface area (Å²) in [6.45, 7) is 7.16. The molecule has 0 saturated carbocycles. The van der Waals surface area contributed by atoms with Crippen molar-refractivity contribution in [1.82, 2.24) is 0 Å². The van der Waals surface area contributed by atoms with Gasteiger partial charge in [0.25, 0.3) is 0 Å². The molecule has 0 atom stereocenters. The molecule has 0 amide bonds. The van der Waals surface area contributed by atoms with E-state index in [1.54, 1.807) is 13.8 Å². The van der Waals surface area contributed by atoms with Crippen molar-refractivity contribution < 1.29 is 9.29 Å². The summed E-state index contributed by atoms with van der Waals surface area (Å²) in [5, 5.41) is 20.3. The molecule has 0 aliphatic rings. The van der Waals surface area contributed by atoms with E-state index in [0.29, 0.717) is 5.56 Å². The molecular formula is C37H33NO2S. The van der Waals surface area contributed by atoms with Crippen LogP contribution in [-0.2, 0) is 4.18 Å². The normalized spacial score (nSPS) is 11.7. The highest BCUT2D eigenvalue weighted by Crippen LogP contribution is 2.37. The first-order chi connectivity index (χ1) is 19.6. The highest BCUT2D eigenvalue weighted by Gasteiger charge is 2.37. The minimum absolute atomic E-state index is 0.553. The van der Waals surface area contributed by atoms with Gasteiger partial charge in [0.15, 0.2) is 0 Å². The number of rotatable bonds is 8. The van der Waals surface area contributed by atoms with E-state index in [0.717, 1.165) is 38.3 Å². The van der Waals surface area contributed by atoms with Gasteiger partial charge in [0.1, 0.15) is 5.60 Å². The van der Waals surface area contributed by atoms with Crippen molar-refractivity contribution in [2.75, 3.05) is 0 Å². The van der Waals surface area contributed by atoms with Gasteiger partial charge in [0.05, 0.1) is 17.2 Å². The van der Waals surface area contributed by atoms with Crippen LogP contribution < -0.4 is 0 Å². The van der Waals surface area contributed by atoms with Crippen molar-refractivity contribution in [3.8, 4) is 50.6 Å². The molecule has 0 heterocycles. The van der Waals surface area contributed by atoms with Crippen molar-refractivity contribution in [3.63, 3.8) is 0 Å². The lowest BCUT2D eigenvalue weighted by molar-refractivity contribution is -0.0813. The van der Waals surface area contributed by atoms with Gasteiger partial charge in [-0.1, -0.05) is 78.9 Å². The molecule has 41 heavy (non-hydrogen) atoms. The fourth-order valence-electron chi connectivity index (χ4n) is 4.40. The van der Waals surface area contributed by atoms with Crippen LogP contribution in [0.4, 0.5) is 0 Å². The molecule has 0 bridgehead atoms. The van der Waals surface area contributed by atoms with E-state index in [4.69, 9.17) is 4.18 Å². The molecule has 3 nitrogen and oxygen atoms in total. The molecule has 1 N–H and O–H groups in total. The molecule has 0 aliphatic carbocycles. The smallest absolute Gasteiger partial charge is 0.106 e. The van der Waals surface area contributed by atoms with Crippen LogP contribution in [0.2, 0.25) is 0 Å². The van der Waals surface area contributed by atoms with Gasteiger partial charge in [-0.3, -0.25) is 0 Å². The van der Waals surface area contributed by atoms with Crippen LogP contribution in [0.25, 0.3) is 44.5 Å². The Balaban J connectivity index is 1.55. The molecule has 0 spiro atoms. The van der Waals surface area contributed by atoms with Gasteiger partial charge in [-0.05, 0) is 115 Å². The Morgan fingerprint density at radius 2 is 1.00 bits per heavy atom. The van der Waals surface area contributed by atoms with Gasteiger partial charge in [0.2, 0.25) is 0 Å². The zero-order valence-electron chi connectivity index (χ0n) is 23.8. The molecule has 0 fully saturated rings. The summed E-state index contributed by atoms with van der Waals surface area (Å²) < 4.78 is 6.03. The summed E-state index contributed by atoms with van der Waals surface area (Å²) in [5.41, 5.74) is 7.53. The quantitative estimate of drug-likeness (QED) is 0.194. The summed E-state index contributed by atoms with van der Waals surface area (Å²) >= 11 is 1.18. The van der Waals surface area contributed by atoms with Gasteiger partial charge in [-0.25, -0.2) is 0 Å². The van der Waals surface area contributed by atoms with Gasteiger partial charge in [0, 0.05) is 16.9 Å². The number of aliphatic hydroxyl groups is 1. The maximum Gasteiger partial charge on any atom is 0.106 e. The Hall–Kier alpha value is -4.14. The Morgan fingerprint density at radius 3 is 1.49 bits per heavy atom. The van der Waals surface area contributed by atoms with Crippen molar-refractivity contribution in [1.29, 1.82) is 5.26 Å². The minimum Gasteiger partial charge on any atom is -0.387 e.